The topological polar surface area (TPSA) is 144 Å². The van der Waals surface area contributed by atoms with E-state index in [1.165, 1.54) is 5.56 Å². The number of hydrogen-bond acceptors (Lipinski definition) is 11. The second-order valence-electron chi connectivity index (χ2n) is 14.0. The fourth-order valence-corrected chi connectivity index (χ4v) is 7.51. The Labute approximate surface area is 320 Å². The molecule has 1 aromatic heterocycles. The number of para-hydroxylation sites is 1. The number of aryl methyl sites for hydroxylation is 1. The molecule has 1 atom stereocenters. The van der Waals surface area contributed by atoms with Crippen molar-refractivity contribution >= 4 is 63.8 Å². The van der Waals surface area contributed by atoms with Crippen LogP contribution in [0.15, 0.2) is 72.9 Å². The first kappa shape index (κ1) is 36.9. The summed E-state index contributed by atoms with van der Waals surface area (Å²) in [5, 5.41) is 12.6. The smallest absolute Gasteiger partial charge is 0.249 e. The molecule has 1 unspecified atom stereocenters. The summed E-state index contributed by atoms with van der Waals surface area (Å²) in [6, 6.07) is 21.6. The number of methoxy groups -OCH3 is 1. The van der Waals surface area contributed by atoms with E-state index in [9.17, 15) is 14.4 Å². The number of hydrogen-bond donors (Lipinski definition) is 4. The van der Waals surface area contributed by atoms with Crippen molar-refractivity contribution in [3.63, 3.8) is 0 Å². The third-order valence-electron chi connectivity index (χ3n) is 10.4. The predicted molar refractivity (Wildman–Crippen MR) is 211 cm³/mol. The second kappa shape index (κ2) is 16.7. The van der Waals surface area contributed by atoms with Gasteiger partial charge in [0.2, 0.25) is 23.7 Å². The highest BCUT2D eigenvalue weighted by Crippen LogP contribution is 2.36. The average Bonchev–Trinajstić information content (AvgIpc) is 3.18. The van der Waals surface area contributed by atoms with Crippen molar-refractivity contribution in [3.8, 4) is 5.75 Å². The molecule has 3 aliphatic rings. The van der Waals surface area contributed by atoms with Crippen LogP contribution in [0, 0.1) is 6.92 Å². The number of imide groups is 1. The van der Waals surface area contributed by atoms with Crippen molar-refractivity contribution in [1.29, 1.82) is 0 Å². The molecule has 3 aliphatic heterocycles. The third-order valence-corrected chi connectivity index (χ3v) is 10.7. The fraction of sp³-hybridized carbons (Fsp3) is 0.375. The van der Waals surface area contributed by atoms with Gasteiger partial charge in [-0.2, -0.15) is 4.98 Å². The number of rotatable bonds is 11. The van der Waals surface area contributed by atoms with Crippen molar-refractivity contribution in [2.24, 2.45) is 0 Å². The Morgan fingerprint density at radius 3 is 2.37 bits per heavy atom. The first-order chi connectivity index (χ1) is 26.2. The molecule has 0 saturated carbocycles. The molecule has 0 bridgehead atoms. The lowest BCUT2D eigenvalue weighted by molar-refractivity contribution is -0.134. The minimum atomic E-state index is -0.394. The zero-order chi connectivity index (χ0) is 37.6. The van der Waals surface area contributed by atoms with Crippen LogP contribution in [0.1, 0.15) is 42.7 Å². The number of nitrogens with zero attached hydrogens (tertiary/aromatic N) is 5. The van der Waals surface area contributed by atoms with Gasteiger partial charge in [0.05, 0.1) is 25.5 Å². The van der Waals surface area contributed by atoms with Crippen LogP contribution < -0.4 is 30.9 Å². The Hall–Kier alpha value is -5.40. The van der Waals surface area contributed by atoms with Gasteiger partial charge in [-0.05, 0) is 86.7 Å². The van der Waals surface area contributed by atoms with Gasteiger partial charge in [0.1, 0.15) is 16.8 Å². The summed E-state index contributed by atoms with van der Waals surface area (Å²) in [6.07, 6.45) is 4.39. The maximum absolute atomic E-state index is 13.4. The number of likely N-dealkylation sites (tertiary alicyclic amines) is 1. The van der Waals surface area contributed by atoms with E-state index in [-0.39, 0.29) is 17.7 Å². The lowest BCUT2D eigenvalue weighted by Gasteiger charge is -2.38. The SMILES string of the molecule is COc1cc(N2CCN(C(=O)CN3CCC(c4ccc(NC5CCC(=O)NC5=O)cc4)CC3)CC2)c(C)cc1Nc1ncc(Cl)c(Nc2ccccc2)n1. The van der Waals surface area contributed by atoms with Crippen LogP contribution in [-0.4, -0.2) is 96.5 Å². The van der Waals surface area contributed by atoms with Gasteiger partial charge in [-0.1, -0.05) is 41.9 Å². The number of piperazine rings is 1. The van der Waals surface area contributed by atoms with Crippen LogP contribution in [0.4, 0.5) is 34.5 Å². The molecule has 4 heterocycles. The van der Waals surface area contributed by atoms with Gasteiger partial charge in [0, 0.05) is 55.7 Å². The summed E-state index contributed by atoms with van der Waals surface area (Å²) in [4.78, 5) is 52.5. The number of halogens is 1. The van der Waals surface area contributed by atoms with Gasteiger partial charge in [-0.3, -0.25) is 24.6 Å². The molecule has 54 heavy (non-hydrogen) atoms. The van der Waals surface area contributed by atoms with Crippen LogP contribution in [0.3, 0.4) is 0 Å². The summed E-state index contributed by atoms with van der Waals surface area (Å²) in [5.41, 5.74) is 5.88. The van der Waals surface area contributed by atoms with E-state index in [1.807, 2.05) is 59.5 Å². The number of anilines is 6. The highest BCUT2D eigenvalue weighted by molar-refractivity contribution is 6.32. The fourth-order valence-electron chi connectivity index (χ4n) is 7.37. The van der Waals surface area contributed by atoms with Crippen LogP contribution in [-0.2, 0) is 14.4 Å². The van der Waals surface area contributed by atoms with E-state index >= 15 is 0 Å². The van der Waals surface area contributed by atoms with Crippen LogP contribution >= 0.6 is 11.6 Å². The van der Waals surface area contributed by atoms with E-state index in [2.05, 4.69) is 60.1 Å². The molecule has 14 heteroatoms. The maximum atomic E-state index is 13.4. The van der Waals surface area contributed by atoms with E-state index in [1.54, 1.807) is 13.3 Å². The molecule has 0 spiro atoms. The molecule has 0 radical (unpaired) electrons. The van der Waals surface area contributed by atoms with Crippen molar-refractivity contribution in [3.05, 3.63) is 89.1 Å². The molecule has 4 N–H and O–H groups in total. The molecule has 0 aliphatic carbocycles. The van der Waals surface area contributed by atoms with Crippen LogP contribution in [0.5, 0.6) is 5.75 Å². The molecule has 3 fully saturated rings. The Bertz CT molecular complexity index is 1960. The van der Waals surface area contributed by atoms with Gasteiger partial charge >= 0.3 is 0 Å². The van der Waals surface area contributed by atoms with E-state index < -0.39 is 6.04 Å². The van der Waals surface area contributed by atoms with E-state index in [4.69, 9.17) is 16.3 Å². The van der Waals surface area contributed by atoms with Gasteiger partial charge in [-0.25, -0.2) is 4.98 Å². The number of piperidine rings is 2. The molecular formula is C40H46ClN9O4. The Balaban J connectivity index is 0.882. The lowest BCUT2D eigenvalue weighted by atomic mass is 9.89. The molecule has 3 saturated heterocycles. The summed E-state index contributed by atoms with van der Waals surface area (Å²) in [7, 11) is 1.64. The maximum Gasteiger partial charge on any atom is 0.249 e. The first-order valence-electron chi connectivity index (χ1n) is 18.5. The highest BCUT2D eigenvalue weighted by Gasteiger charge is 2.28. The van der Waals surface area contributed by atoms with E-state index in [0.29, 0.717) is 60.9 Å². The largest absolute Gasteiger partial charge is 0.494 e. The quantitative estimate of drug-likeness (QED) is 0.141. The normalized spacial score (nSPS) is 18.2. The third kappa shape index (κ3) is 8.86. The van der Waals surface area contributed by atoms with E-state index in [0.717, 1.165) is 67.3 Å². The number of carbonyl (C=O) groups excluding carboxylic acids is 3. The number of ether oxygens (including phenoxy) is 1. The molecule has 3 amide bonds. The first-order valence-corrected chi connectivity index (χ1v) is 18.9. The van der Waals surface area contributed by atoms with Crippen molar-refractivity contribution in [2.75, 3.05) is 73.8 Å². The number of carbonyl (C=O) groups is 3. The summed E-state index contributed by atoms with van der Waals surface area (Å²) < 4.78 is 5.79. The summed E-state index contributed by atoms with van der Waals surface area (Å²) in [6.45, 7) is 7.03. The monoisotopic (exact) mass is 751 g/mol. The molecule has 282 valence electrons. The number of amides is 3. The lowest BCUT2D eigenvalue weighted by Crippen LogP contribution is -2.52. The Morgan fingerprint density at radius 2 is 1.67 bits per heavy atom. The zero-order valence-corrected chi connectivity index (χ0v) is 31.4. The Kier molecular flexibility index (Phi) is 11.4. The van der Waals surface area contributed by atoms with Gasteiger partial charge < -0.3 is 30.5 Å². The number of aromatic nitrogens is 2. The van der Waals surface area contributed by atoms with Crippen molar-refractivity contribution in [2.45, 2.75) is 44.6 Å². The van der Waals surface area contributed by atoms with Crippen molar-refractivity contribution < 1.29 is 19.1 Å². The van der Waals surface area contributed by atoms with Gasteiger partial charge in [0.25, 0.3) is 0 Å². The predicted octanol–water partition coefficient (Wildman–Crippen LogP) is 5.68. The second-order valence-corrected chi connectivity index (χ2v) is 14.4. The highest BCUT2D eigenvalue weighted by atomic mass is 35.5. The zero-order valence-electron chi connectivity index (χ0n) is 30.6. The Morgan fingerprint density at radius 1 is 0.926 bits per heavy atom. The van der Waals surface area contributed by atoms with Gasteiger partial charge in [0.15, 0.2) is 5.82 Å². The number of nitrogens with one attached hydrogen (secondary N) is 4. The number of benzene rings is 3. The van der Waals surface area contributed by atoms with Gasteiger partial charge in [-0.15, -0.1) is 0 Å². The molecule has 4 aromatic rings. The summed E-state index contributed by atoms with van der Waals surface area (Å²) in [5.74, 6) is 1.66. The van der Waals surface area contributed by atoms with Crippen molar-refractivity contribution in [1.82, 2.24) is 25.1 Å². The average molecular weight is 752 g/mol. The molecule has 13 nitrogen and oxygen atoms in total. The molecule has 7 rings (SSSR count). The molecular weight excluding hydrogens is 706 g/mol. The minimum absolute atomic E-state index is 0.176. The summed E-state index contributed by atoms with van der Waals surface area (Å²) >= 11 is 6.39. The minimum Gasteiger partial charge on any atom is -0.494 e. The van der Waals surface area contributed by atoms with Crippen LogP contribution in [0.2, 0.25) is 5.02 Å². The van der Waals surface area contributed by atoms with Crippen LogP contribution in [0.25, 0.3) is 0 Å². The standard InChI is InChI=1S/C40H46ClN9O4/c1-26-22-33(45-40-42-24-31(41)38(47-40)44-29-6-4-3-5-7-29)35(54-2)23-34(26)49-18-20-50(21-19-49)37(52)25-48-16-14-28(15-17-48)27-8-10-30(11-9-27)43-32-12-13-36(51)46-39(32)53/h3-11,22-24,28,32,43H,12-21,25H2,1-2H3,(H,46,51,53)(H2,42,44,45,47). The molecule has 3 aromatic carbocycles.